The van der Waals surface area contributed by atoms with Gasteiger partial charge in [-0.05, 0) is 181 Å². The summed E-state index contributed by atoms with van der Waals surface area (Å²) in [7, 11) is -10.2. The summed E-state index contributed by atoms with van der Waals surface area (Å²) in [6.07, 6.45) is 10.0. The number of anilines is 4. The number of para-hydroxylation sites is 4. The fraction of sp³-hybridized carbons (Fsp3) is 0.241. The number of aryl methyl sites for hydroxylation is 2. The molecule has 47 heteroatoms. The summed E-state index contributed by atoms with van der Waals surface area (Å²) in [6, 6.07) is 80.1. The minimum absolute atomic E-state index is 0. The van der Waals surface area contributed by atoms with E-state index in [4.69, 9.17) is 0 Å². The third kappa shape index (κ3) is 25.7. The SMILES string of the molecule is C.Cc1cc(N2c3ccc(-c4ccccc4)cc3C3(C)CCCCC23C)cc(-n2c3ccccc3c3ccccc32)c1.Cc1cc2c3c(c1)-n1c4ccccc4c4cccc(c41)B3c1cc(-c3ccccc3)cc3c1N2C1(C)CCCCC31C.II(I)I(I)I(I)I(I)I(I)I(I)I(I)I(I)I(I)I(I)I(I)I(I)I(I)I(I)I(I)I(I)I(I)I(I)I(I)I(I)I. The van der Waals surface area contributed by atoms with Crippen molar-refractivity contribution in [2.24, 2.45) is 0 Å². The van der Waals surface area contributed by atoms with Gasteiger partial charge in [-0.2, -0.15) is 0 Å². The van der Waals surface area contributed by atoms with Crippen LogP contribution in [0.3, 0.4) is 0 Å². The van der Waals surface area contributed by atoms with Crippen LogP contribution >= 0.6 is 567 Å². The predicted octanol–water partition coefficient (Wildman–Crippen LogP) is 56.0. The molecule has 0 saturated heterocycles. The quantitative estimate of drug-likeness (QED) is 0.0469. The average Bonchev–Trinajstić information content (AvgIpc) is 1.49. The number of benzene rings is 10. The molecule has 0 radical (unpaired) electrons. The van der Waals surface area contributed by atoms with Gasteiger partial charge in [-0.15, -0.1) is 0 Å². The van der Waals surface area contributed by atoms with E-state index in [9.17, 15) is 0 Å². The van der Waals surface area contributed by atoms with Crippen molar-refractivity contribution < 1.29 is 0 Å². The maximum atomic E-state index is 3.35. The Balaban J connectivity index is 0.000000145. The summed E-state index contributed by atoms with van der Waals surface area (Å²) < 4.78 is 5.05. The van der Waals surface area contributed by atoms with Gasteiger partial charge in [0.1, 0.15) is 0 Å². The number of nitrogens with zero attached hydrogens (tertiary/aromatic N) is 4. The normalized spacial score (nSPS) is 20.9. The minimum atomic E-state index is -0.549. The number of rotatable bonds is 23. The van der Waals surface area contributed by atoms with Crippen LogP contribution in [0.15, 0.2) is 212 Å². The molecule has 0 bridgehead atoms. The number of halogens is 42. The zero-order valence-corrected chi connectivity index (χ0v) is 155. The Kier molecular flexibility index (Phi) is 53.2. The van der Waals surface area contributed by atoms with Crippen LogP contribution in [0.2, 0.25) is 0 Å². The molecular formula is C79H73BI42N4. The van der Waals surface area contributed by atoms with Gasteiger partial charge in [0.25, 0.3) is 6.71 Å². The van der Waals surface area contributed by atoms with Crippen LogP contribution in [-0.2, 0) is 10.8 Å². The van der Waals surface area contributed by atoms with Crippen molar-refractivity contribution in [3.8, 4) is 33.6 Å². The standard InChI is InChI=1S/C39H33BN2.C39H36N2.CH4.I42/c1-24-20-33-35-34(21-24)42-37-29(38(2)18-9-10-19-39(38,42)3)22-26(25-12-5-4-6-13-25)23-31(37)40(35)30-16-11-15-28-27-14-7-8-17-32(27)41(33)36(28)30;1-27-23-30(40-35-17-9-7-15-32(35)33-16-8-10-18-36(33)40)26-31(24-27)41-37-20-19-29(28-13-5-4-6-14-28)25-34(37)38(2)21-11-12-22-39(38,41)3;;1-23(2)25(5)27(7)29(9)31(11)33(13)35(15)37(17)39(19)41(21)42(22)40(20)38(18)36(16)34(14)32(12)30(10)28(8)26(6)24(3)4/h4-8,11-17,20-23H,9-10,18-19H2,1-3H3;4-10,13-20,23-26H,11-12,21-22H2,1-3H3;1H4;. The van der Waals surface area contributed by atoms with Crippen LogP contribution in [0.5, 0.6) is 0 Å². The molecule has 4 nitrogen and oxygen atoms in total. The zero-order chi connectivity index (χ0) is 89.3. The molecule has 0 N–H and O–H groups in total. The van der Waals surface area contributed by atoms with Crippen molar-refractivity contribution in [2.75, 3.05) is 9.80 Å². The third-order valence-corrected chi connectivity index (χ3v) is 3160. The Morgan fingerprint density at radius 3 is 1.12 bits per heavy atom. The molecule has 2 aromatic heterocycles. The Hall–Kier alpha value is 22.1. The van der Waals surface area contributed by atoms with Crippen molar-refractivity contribution in [3.63, 3.8) is 0 Å². The summed E-state index contributed by atoms with van der Waals surface area (Å²) in [5.41, 5.74) is 29.0. The van der Waals surface area contributed by atoms with E-state index in [-0.39, 0.29) is 36.0 Å². The maximum absolute atomic E-state index is 3.35. The topological polar surface area (TPSA) is 16.3 Å². The van der Waals surface area contributed by atoms with Gasteiger partial charge in [0.05, 0.1) is 27.6 Å². The first kappa shape index (κ1) is 122. The second-order valence-electron chi connectivity index (χ2n) is 29.6. The molecule has 2 aliphatic carbocycles. The number of hydrogen-bond acceptors (Lipinski definition) is 2. The second kappa shape index (κ2) is 54.9. The molecule has 6 aliphatic rings. The van der Waals surface area contributed by atoms with E-state index in [0.29, 0.717) is 0 Å². The Morgan fingerprint density at radius 2 is 0.651 bits per heavy atom. The van der Waals surface area contributed by atoms with Crippen molar-refractivity contribution in [1.29, 1.82) is 0 Å². The van der Waals surface area contributed by atoms with E-state index in [1.807, 2.05) is 0 Å². The van der Waals surface area contributed by atoms with Crippen LogP contribution in [0.25, 0.3) is 77.2 Å². The van der Waals surface area contributed by atoms with E-state index in [0.717, 1.165) is 0 Å². The van der Waals surface area contributed by atoms with Gasteiger partial charge in [-0.25, -0.2) is 0 Å². The summed E-state index contributed by atoms with van der Waals surface area (Å²) >= 11 is 71.0. The summed E-state index contributed by atoms with van der Waals surface area (Å²) in [6.45, 7) is 15.0. The molecule has 4 atom stereocenters. The van der Waals surface area contributed by atoms with Crippen molar-refractivity contribution in [2.45, 2.75) is 122 Å². The van der Waals surface area contributed by atoms with Crippen molar-refractivity contribution in [1.82, 2.24) is 9.13 Å². The molecular weight excluding hydrogens is 6350 g/mol. The van der Waals surface area contributed by atoms with Crippen LogP contribution in [-0.4, -0.2) is 26.9 Å². The summed E-state index contributed by atoms with van der Waals surface area (Å²) in [4.78, 5) is 5.55. The molecule has 706 valence electrons. The van der Waals surface area contributed by atoms with Gasteiger partial charge in [0.2, 0.25) is 0 Å². The van der Waals surface area contributed by atoms with E-state index in [1.165, 1.54) is 184 Å². The van der Waals surface area contributed by atoms with E-state index in [1.54, 1.807) is 5.56 Å². The molecule has 10 aromatic carbocycles. The van der Waals surface area contributed by atoms with Crippen LogP contribution < -0.4 is 26.2 Å². The molecule has 126 heavy (non-hydrogen) atoms. The Labute approximate surface area is 1030 Å². The van der Waals surface area contributed by atoms with E-state index in [2.05, 4.69) is 682 Å². The van der Waals surface area contributed by atoms with Gasteiger partial charge in [0.15, 0.2) is 0 Å². The molecule has 0 spiro atoms. The first-order valence-electron chi connectivity index (χ1n) is 36.6. The zero-order valence-electron chi connectivity index (χ0n) is 64.6. The van der Waals surface area contributed by atoms with Crippen LogP contribution in [0.1, 0.15) is 109 Å². The first-order valence-corrected chi connectivity index (χ1v) is 294. The van der Waals surface area contributed by atoms with Crippen LogP contribution in [0.4, 0.5) is 22.7 Å². The van der Waals surface area contributed by atoms with Gasteiger partial charge in [0, 0.05) is 72.0 Å². The van der Waals surface area contributed by atoms with Crippen molar-refractivity contribution >= 4 is 657 Å². The molecule has 2 fully saturated rings. The molecule has 6 heterocycles. The fourth-order valence-corrected chi connectivity index (χ4v) is 7560. The molecule has 0 amide bonds. The Morgan fingerprint density at radius 1 is 0.286 bits per heavy atom. The molecule has 4 aliphatic heterocycles. The number of hydrogen-bond donors (Lipinski definition) is 0. The number of aromatic nitrogens is 2. The molecule has 18 rings (SSSR count). The van der Waals surface area contributed by atoms with Crippen molar-refractivity contribution in [3.05, 3.63) is 235 Å². The number of fused-ring (bicyclic) bond motifs is 16. The average molecular weight is 6420 g/mol. The monoisotopic (exact) mass is 6420 g/mol. The molecule has 2 saturated carbocycles. The third-order valence-electron chi connectivity index (χ3n) is 23.6. The fourth-order valence-electron chi connectivity index (χ4n) is 18.4. The summed E-state index contributed by atoms with van der Waals surface area (Å²) in [5, 5.41) is 5.32. The van der Waals surface area contributed by atoms with E-state index >= 15 is 0 Å². The summed E-state index contributed by atoms with van der Waals surface area (Å²) in [5.74, 6) is 0. The van der Waals surface area contributed by atoms with Gasteiger partial charge < -0.3 is 18.9 Å². The van der Waals surface area contributed by atoms with Gasteiger partial charge in [-0.3, -0.25) is 0 Å². The van der Waals surface area contributed by atoms with Gasteiger partial charge in [-0.1, -0.05) is 193 Å². The molecule has 12 aromatic rings. The predicted molar refractivity (Wildman–Crippen MR) is 948 cm³/mol. The van der Waals surface area contributed by atoms with E-state index < -0.39 is 158 Å². The second-order valence-corrected chi connectivity index (χ2v) is 1000. The van der Waals surface area contributed by atoms with Crippen LogP contribution in [0, 0.1) is 13.8 Å². The Bertz CT molecular complexity index is 5880. The molecule has 4 unspecified atom stereocenters. The van der Waals surface area contributed by atoms with Gasteiger partial charge >= 0.3 is 567 Å². The first-order chi connectivity index (χ1) is 59.5.